The van der Waals surface area contributed by atoms with Crippen molar-refractivity contribution in [1.82, 2.24) is 0 Å². The van der Waals surface area contributed by atoms with Crippen molar-refractivity contribution in [2.45, 2.75) is 107 Å². The van der Waals surface area contributed by atoms with E-state index in [4.69, 9.17) is 0 Å². The zero-order valence-electron chi connectivity index (χ0n) is 21.3. The highest BCUT2D eigenvalue weighted by Crippen LogP contribution is 2.50. The summed E-state index contributed by atoms with van der Waals surface area (Å²) in [6.45, 7) is 4.00. The largest absolute Gasteiger partial charge is 0.251 e. The maximum atomic E-state index is 15.3. The SMILES string of the molecule is CCCC1CSC(C2CCC(C(F)(F)CC3CCC(c4cc(F)c(CC)c(F)c4)CC3)CC2)SC1. The second-order valence-corrected chi connectivity index (χ2v) is 13.9. The van der Waals surface area contributed by atoms with Crippen LogP contribution in [0.15, 0.2) is 12.1 Å². The molecule has 1 saturated heterocycles. The highest BCUT2D eigenvalue weighted by molar-refractivity contribution is 8.17. The highest BCUT2D eigenvalue weighted by atomic mass is 32.2. The normalized spacial score (nSPS) is 32.5. The average molecular weight is 531 g/mol. The van der Waals surface area contributed by atoms with Crippen molar-refractivity contribution in [3.8, 4) is 0 Å². The Morgan fingerprint density at radius 2 is 1.43 bits per heavy atom. The molecule has 0 atom stereocenters. The Kier molecular flexibility index (Phi) is 9.85. The van der Waals surface area contributed by atoms with Crippen LogP contribution in [-0.4, -0.2) is 22.0 Å². The molecule has 0 N–H and O–H groups in total. The van der Waals surface area contributed by atoms with E-state index in [0.717, 1.165) is 44.4 Å². The monoisotopic (exact) mass is 530 g/mol. The predicted octanol–water partition coefficient (Wildman–Crippen LogP) is 9.86. The van der Waals surface area contributed by atoms with E-state index in [-0.39, 0.29) is 23.8 Å². The van der Waals surface area contributed by atoms with Crippen molar-refractivity contribution in [2.75, 3.05) is 11.5 Å². The molecule has 1 aromatic carbocycles. The van der Waals surface area contributed by atoms with Crippen LogP contribution in [0.3, 0.4) is 0 Å². The number of hydrogen-bond donors (Lipinski definition) is 0. The summed E-state index contributed by atoms with van der Waals surface area (Å²) in [5, 5.41) is 0. The summed E-state index contributed by atoms with van der Waals surface area (Å²) in [5.41, 5.74) is 0.832. The van der Waals surface area contributed by atoms with Crippen molar-refractivity contribution in [2.24, 2.45) is 23.7 Å². The second kappa shape index (κ2) is 12.5. The fourth-order valence-electron chi connectivity index (χ4n) is 6.67. The van der Waals surface area contributed by atoms with E-state index in [1.54, 1.807) is 6.92 Å². The highest BCUT2D eigenvalue weighted by Gasteiger charge is 2.44. The van der Waals surface area contributed by atoms with E-state index >= 15 is 8.78 Å². The zero-order valence-corrected chi connectivity index (χ0v) is 23.0. The Bertz CT molecular complexity index is 782. The fourth-order valence-corrected chi connectivity index (χ4v) is 10.3. The number of halogens is 4. The van der Waals surface area contributed by atoms with Gasteiger partial charge in [0.15, 0.2) is 0 Å². The first-order chi connectivity index (χ1) is 16.8. The van der Waals surface area contributed by atoms with Crippen molar-refractivity contribution in [3.63, 3.8) is 0 Å². The van der Waals surface area contributed by atoms with Gasteiger partial charge in [-0.2, -0.15) is 0 Å². The van der Waals surface area contributed by atoms with E-state index in [9.17, 15) is 8.78 Å². The minimum Gasteiger partial charge on any atom is -0.207 e. The molecule has 0 bridgehead atoms. The molecule has 4 rings (SSSR count). The molecule has 0 nitrogen and oxygen atoms in total. The summed E-state index contributed by atoms with van der Waals surface area (Å²) >= 11 is 4.17. The summed E-state index contributed by atoms with van der Waals surface area (Å²) in [6, 6.07) is 2.93. The molecule has 3 fully saturated rings. The second-order valence-electron chi connectivity index (χ2n) is 11.3. The van der Waals surface area contributed by atoms with E-state index in [1.807, 2.05) is 0 Å². The fraction of sp³-hybridized carbons (Fsp3) is 0.793. The quantitative estimate of drug-likeness (QED) is 0.307. The van der Waals surface area contributed by atoms with Crippen molar-refractivity contribution in [3.05, 3.63) is 34.9 Å². The topological polar surface area (TPSA) is 0 Å². The lowest BCUT2D eigenvalue weighted by Crippen LogP contribution is -2.36. The predicted molar refractivity (Wildman–Crippen MR) is 143 cm³/mol. The van der Waals surface area contributed by atoms with E-state index in [1.165, 1.54) is 36.5 Å². The molecule has 0 spiro atoms. The van der Waals surface area contributed by atoms with E-state index in [0.29, 0.717) is 35.3 Å². The van der Waals surface area contributed by atoms with Gasteiger partial charge in [-0.15, -0.1) is 23.5 Å². The van der Waals surface area contributed by atoms with Gasteiger partial charge in [0.1, 0.15) is 11.6 Å². The van der Waals surface area contributed by atoms with Crippen LogP contribution in [0.5, 0.6) is 0 Å². The molecule has 0 radical (unpaired) electrons. The molecule has 2 aliphatic carbocycles. The van der Waals surface area contributed by atoms with Crippen LogP contribution < -0.4 is 0 Å². The first-order valence-electron chi connectivity index (χ1n) is 13.9. The van der Waals surface area contributed by atoms with Crippen molar-refractivity contribution in [1.29, 1.82) is 0 Å². The Morgan fingerprint density at radius 1 is 0.829 bits per heavy atom. The lowest BCUT2D eigenvalue weighted by Gasteiger charge is -2.40. The number of hydrogen-bond acceptors (Lipinski definition) is 2. The van der Waals surface area contributed by atoms with Gasteiger partial charge >= 0.3 is 0 Å². The molecule has 198 valence electrons. The van der Waals surface area contributed by atoms with Gasteiger partial charge in [0.25, 0.3) is 5.92 Å². The number of benzene rings is 1. The molecular weight excluding hydrogens is 488 g/mol. The smallest absolute Gasteiger partial charge is 0.207 e. The van der Waals surface area contributed by atoms with Gasteiger partial charge in [0.05, 0.1) is 4.58 Å². The lowest BCUT2D eigenvalue weighted by molar-refractivity contribution is -0.0947. The van der Waals surface area contributed by atoms with Gasteiger partial charge < -0.3 is 0 Å². The standard InChI is InChI=1S/C29H42F4S2/c1-3-5-20-17-34-28(35-18-20)22-10-12-24(13-11-22)29(32,33)16-19-6-8-21(9-7-19)23-14-26(30)25(4-2)27(31)15-23/h14-15,19-22,24,28H,3-13,16-18H2,1-2H3. The van der Waals surface area contributed by atoms with Crippen LogP contribution in [-0.2, 0) is 6.42 Å². The van der Waals surface area contributed by atoms with Gasteiger partial charge in [-0.1, -0.05) is 20.3 Å². The molecule has 0 unspecified atom stereocenters. The van der Waals surface area contributed by atoms with Crippen molar-refractivity contribution < 1.29 is 17.6 Å². The Hall–Kier alpha value is -0.360. The molecule has 0 amide bonds. The number of alkyl halides is 2. The third-order valence-electron chi connectivity index (χ3n) is 8.84. The van der Waals surface area contributed by atoms with Crippen LogP contribution in [0.2, 0.25) is 0 Å². The minimum atomic E-state index is -2.59. The lowest BCUT2D eigenvalue weighted by atomic mass is 9.73. The molecule has 1 aliphatic heterocycles. The summed E-state index contributed by atoms with van der Waals surface area (Å²) in [6.07, 6.45) is 9.02. The maximum Gasteiger partial charge on any atom is 0.251 e. The molecule has 1 heterocycles. The van der Waals surface area contributed by atoms with Crippen LogP contribution in [0.25, 0.3) is 0 Å². The summed E-state index contributed by atoms with van der Waals surface area (Å²) < 4.78 is 59.7. The number of thioether (sulfide) groups is 2. The van der Waals surface area contributed by atoms with Gasteiger partial charge in [0.2, 0.25) is 0 Å². The molecule has 2 saturated carbocycles. The Labute approximate surface area is 218 Å². The first-order valence-corrected chi connectivity index (χ1v) is 16.0. The molecule has 1 aromatic rings. The van der Waals surface area contributed by atoms with Crippen LogP contribution in [0.1, 0.15) is 102 Å². The molecule has 35 heavy (non-hydrogen) atoms. The van der Waals surface area contributed by atoms with Gasteiger partial charge in [-0.05, 0) is 117 Å². The zero-order chi connectivity index (χ0) is 25.0. The summed E-state index contributed by atoms with van der Waals surface area (Å²) in [7, 11) is 0. The van der Waals surface area contributed by atoms with Crippen LogP contribution in [0.4, 0.5) is 17.6 Å². The van der Waals surface area contributed by atoms with Gasteiger partial charge in [0, 0.05) is 17.9 Å². The summed E-state index contributed by atoms with van der Waals surface area (Å²) in [5.74, 6) is -0.0223. The van der Waals surface area contributed by atoms with Crippen LogP contribution in [0, 0.1) is 35.3 Å². The Balaban J connectivity index is 1.22. The third kappa shape index (κ3) is 6.94. The van der Waals surface area contributed by atoms with Crippen molar-refractivity contribution >= 4 is 23.5 Å². The molecule has 6 heteroatoms. The molecule has 3 aliphatic rings. The first kappa shape index (κ1) is 27.7. The van der Waals surface area contributed by atoms with E-state index < -0.39 is 23.5 Å². The van der Waals surface area contributed by atoms with Crippen LogP contribution >= 0.6 is 23.5 Å². The number of rotatable bonds is 8. The maximum absolute atomic E-state index is 15.3. The average Bonchev–Trinajstić information content (AvgIpc) is 2.85. The minimum absolute atomic E-state index is 0.0157. The van der Waals surface area contributed by atoms with E-state index in [2.05, 4.69) is 30.4 Å². The van der Waals surface area contributed by atoms with Gasteiger partial charge in [-0.3, -0.25) is 0 Å². The molecule has 0 aromatic heterocycles. The molecular formula is C29H42F4S2. The Morgan fingerprint density at radius 3 is 1.97 bits per heavy atom. The summed E-state index contributed by atoms with van der Waals surface area (Å²) in [4.78, 5) is 0. The van der Waals surface area contributed by atoms with Gasteiger partial charge in [-0.25, -0.2) is 17.6 Å². The third-order valence-corrected chi connectivity index (χ3v) is 12.4.